The standard InChI is InChI=1S/C17H21F2NO5S/c18-16(19)26(22,23)14-5-3-12(4-6-14)9-15(21)20-10-13-11-24-17(25-13)7-1-2-8-17/h3-6,13,16H,1-2,7-11H2,(H,20,21)/t13-/m1/s1. The summed E-state index contributed by atoms with van der Waals surface area (Å²) in [6, 6.07) is 4.89. The molecule has 1 aliphatic heterocycles. The van der Waals surface area contributed by atoms with Gasteiger partial charge in [0.25, 0.3) is 0 Å². The molecule has 3 rings (SSSR count). The second-order valence-electron chi connectivity index (χ2n) is 6.60. The van der Waals surface area contributed by atoms with Crippen molar-refractivity contribution in [3.05, 3.63) is 29.8 Å². The van der Waals surface area contributed by atoms with Gasteiger partial charge in [-0.1, -0.05) is 12.1 Å². The van der Waals surface area contributed by atoms with Crippen molar-refractivity contribution >= 4 is 15.7 Å². The number of carbonyl (C=O) groups is 1. The molecule has 1 saturated carbocycles. The average Bonchev–Trinajstić information content (AvgIpc) is 3.23. The fourth-order valence-corrected chi connectivity index (χ4v) is 3.99. The maximum atomic E-state index is 12.5. The first-order valence-electron chi connectivity index (χ1n) is 8.50. The second kappa shape index (κ2) is 7.58. The molecule has 26 heavy (non-hydrogen) atoms. The van der Waals surface area contributed by atoms with Crippen molar-refractivity contribution in [2.24, 2.45) is 0 Å². The van der Waals surface area contributed by atoms with E-state index in [0.29, 0.717) is 18.7 Å². The lowest BCUT2D eigenvalue weighted by atomic mass is 10.1. The van der Waals surface area contributed by atoms with Gasteiger partial charge in [0.1, 0.15) is 6.10 Å². The quantitative estimate of drug-likeness (QED) is 0.805. The van der Waals surface area contributed by atoms with Crippen molar-refractivity contribution < 1.29 is 31.5 Å². The normalized spacial score (nSPS) is 22.2. The number of rotatable bonds is 6. The zero-order valence-corrected chi connectivity index (χ0v) is 14.9. The predicted octanol–water partition coefficient (Wildman–Crippen LogP) is 2.03. The van der Waals surface area contributed by atoms with Crippen LogP contribution in [0.25, 0.3) is 0 Å². The van der Waals surface area contributed by atoms with E-state index in [1.807, 2.05) is 0 Å². The summed E-state index contributed by atoms with van der Waals surface area (Å²) >= 11 is 0. The van der Waals surface area contributed by atoms with Gasteiger partial charge in [0.05, 0.1) is 17.9 Å². The van der Waals surface area contributed by atoms with Crippen molar-refractivity contribution in [1.82, 2.24) is 5.32 Å². The first-order valence-corrected chi connectivity index (χ1v) is 10.0. The minimum absolute atomic E-state index is 0.0216. The van der Waals surface area contributed by atoms with Crippen LogP contribution in [0.1, 0.15) is 31.2 Å². The van der Waals surface area contributed by atoms with Crippen LogP contribution >= 0.6 is 0 Å². The molecule has 1 spiro atoms. The zero-order valence-electron chi connectivity index (χ0n) is 14.1. The molecule has 144 valence electrons. The van der Waals surface area contributed by atoms with E-state index in [1.165, 1.54) is 12.1 Å². The van der Waals surface area contributed by atoms with Crippen LogP contribution in [0.5, 0.6) is 0 Å². The number of alkyl halides is 2. The lowest BCUT2D eigenvalue weighted by molar-refractivity contribution is -0.161. The van der Waals surface area contributed by atoms with Crippen LogP contribution in [-0.2, 0) is 30.5 Å². The van der Waals surface area contributed by atoms with Gasteiger partial charge in [0.2, 0.25) is 15.7 Å². The number of nitrogens with one attached hydrogen (secondary N) is 1. The maximum absolute atomic E-state index is 12.5. The van der Waals surface area contributed by atoms with Crippen molar-refractivity contribution in [2.45, 2.75) is 54.6 Å². The summed E-state index contributed by atoms with van der Waals surface area (Å²) in [5, 5.41) is 2.76. The summed E-state index contributed by atoms with van der Waals surface area (Å²) in [4.78, 5) is 11.6. The number of halogens is 2. The number of carbonyl (C=O) groups excluding carboxylic acids is 1. The fourth-order valence-electron chi connectivity index (χ4n) is 3.27. The lowest BCUT2D eigenvalue weighted by Gasteiger charge is -2.21. The Labute approximate surface area is 150 Å². The first kappa shape index (κ1) is 19.2. The first-order chi connectivity index (χ1) is 12.3. The topological polar surface area (TPSA) is 81.7 Å². The Morgan fingerprint density at radius 3 is 2.50 bits per heavy atom. The summed E-state index contributed by atoms with van der Waals surface area (Å²) < 4.78 is 59.4. The number of benzene rings is 1. The average molecular weight is 389 g/mol. The molecule has 0 unspecified atom stereocenters. The number of ether oxygens (including phenoxy) is 2. The molecule has 1 N–H and O–H groups in total. The van der Waals surface area contributed by atoms with Gasteiger partial charge < -0.3 is 14.8 Å². The van der Waals surface area contributed by atoms with E-state index in [4.69, 9.17) is 9.47 Å². The molecule has 1 aliphatic carbocycles. The maximum Gasteiger partial charge on any atom is 0.341 e. The van der Waals surface area contributed by atoms with Gasteiger partial charge >= 0.3 is 5.76 Å². The van der Waals surface area contributed by atoms with Gasteiger partial charge in [0.15, 0.2) is 5.79 Å². The number of hydrogen-bond donors (Lipinski definition) is 1. The Morgan fingerprint density at radius 1 is 1.23 bits per heavy atom. The van der Waals surface area contributed by atoms with Crippen LogP contribution in [0, 0.1) is 0 Å². The number of hydrogen-bond acceptors (Lipinski definition) is 5. The predicted molar refractivity (Wildman–Crippen MR) is 88.4 cm³/mol. The van der Waals surface area contributed by atoms with Crippen LogP contribution in [0.2, 0.25) is 0 Å². The summed E-state index contributed by atoms with van der Waals surface area (Å²) in [7, 11) is -4.62. The Kier molecular flexibility index (Phi) is 5.59. The van der Waals surface area contributed by atoms with E-state index >= 15 is 0 Å². The van der Waals surface area contributed by atoms with Crippen molar-refractivity contribution in [2.75, 3.05) is 13.2 Å². The fraction of sp³-hybridized carbons (Fsp3) is 0.588. The lowest BCUT2D eigenvalue weighted by Crippen LogP contribution is -2.35. The second-order valence-corrected chi connectivity index (χ2v) is 8.52. The molecule has 2 aliphatic rings. The van der Waals surface area contributed by atoms with E-state index in [2.05, 4.69) is 5.32 Å². The highest BCUT2D eigenvalue weighted by molar-refractivity contribution is 7.91. The molecule has 9 heteroatoms. The highest BCUT2D eigenvalue weighted by Crippen LogP contribution is 2.38. The minimum atomic E-state index is -4.62. The Bertz CT molecular complexity index is 745. The molecule has 1 aromatic carbocycles. The molecule has 1 aromatic rings. The van der Waals surface area contributed by atoms with E-state index in [-0.39, 0.29) is 18.4 Å². The molecule has 1 heterocycles. The van der Waals surface area contributed by atoms with E-state index in [1.54, 1.807) is 0 Å². The van der Waals surface area contributed by atoms with Gasteiger partial charge in [-0.05, 0) is 30.5 Å². The van der Waals surface area contributed by atoms with Crippen LogP contribution in [0.3, 0.4) is 0 Å². The van der Waals surface area contributed by atoms with Gasteiger partial charge in [0, 0.05) is 19.4 Å². The molecule has 2 fully saturated rings. The molecule has 1 saturated heterocycles. The Hall–Kier alpha value is -1.58. The highest BCUT2D eigenvalue weighted by atomic mass is 32.2. The third-order valence-electron chi connectivity index (χ3n) is 4.66. The molecule has 6 nitrogen and oxygen atoms in total. The Balaban J connectivity index is 1.48. The summed E-state index contributed by atoms with van der Waals surface area (Å²) in [6.45, 7) is 0.777. The van der Waals surface area contributed by atoms with Crippen molar-refractivity contribution in [1.29, 1.82) is 0 Å². The zero-order chi connectivity index (χ0) is 18.8. The molecule has 0 aromatic heterocycles. The molecule has 1 atom stereocenters. The van der Waals surface area contributed by atoms with Crippen LogP contribution in [-0.4, -0.2) is 45.1 Å². The monoisotopic (exact) mass is 389 g/mol. The number of sulfone groups is 1. The largest absolute Gasteiger partial charge is 0.353 e. The third-order valence-corrected chi connectivity index (χ3v) is 6.06. The molecular formula is C17H21F2NO5S. The molecule has 0 radical (unpaired) electrons. The molecular weight excluding hydrogens is 368 g/mol. The Morgan fingerprint density at radius 2 is 1.88 bits per heavy atom. The molecule has 0 bridgehead atoms. The van der Waals surface area contributed by atoms with Crippen LogP contribution in [0.4, 0.5) is 8.78 Å². The van der Waals surface area contributed by atoms with E-state index < -0.39 is 26.3 Å². The summed E-state index contributed by atoms with van der Waals surface area (Å²) in [5.41, 5.74) is 0.534. The van der Waals surface area contributed by atoms with Gasteiger partial charge in [-0.25, -0.2) is 8.42 Å². The van der Waals surface area contributed by atoms with Crippen molar-refractivity contribution in [3.63, 3.8) is 0 Å². The van der Waals surface area contributed by atoms with E-state index in [0.717, 1.165) is 37.8 Å². The van der Waals surface area contributed by atoms with Gasteiger partial charge in [-0.3, -0.25) is 4.79 Å². The van der Waals surface area contributed by atoms with Gasteiger partial charge in [-0.2, -0.15) is 8.78 Å². The summed E-state index contributed by atoms with van der Waals surface area (Å²) in [6.07, 6.45) is 3.76. The molecule has 1 amide bonds. The van der Waals surface area contributed by atoms with Crippen LogP contribution < -0.4 is 5.32 Å². The van der Waals surface area contributed by atoms with Gasteiger partial charge in [-0.15, -0.1) is 0 Å². The van der Waals surface area contributed by atoms with Crippen LogP contribution in [0.15, 0.2) is 29.2 Å². The van der Waals surface area contributed by atoms with E-state index in [9.17, 15) is 22.0 Å². The van der Waals surface area contributed by atoms with Crippen molar-refractivity contribution in [3.8, 4) is 0 Å². The SMILES string of the molecule is O=C(Cc1ccc(S(=O)(=O)C(F)F)cc1)NC[C@@H]1COC2(CCCC2)O1. The number of amides is 1. The smallest absolute Gasteiger partial charge is 0.341 e. The highest BCUT2D eigenvalue weighted by Gasteiger charge is 2.43. The third kappa shape index (κ3) is 4.21. The summed E-state index contributed by atoms with van der Waals surface area (Å²) in [5.74, 6) is -4.19. The minimum Gasteiger partial charge on any atom is -0.353 e.